The van der Waals surface area contributed by atoms with Gasteiger partial charge in [0.15, 0.2) is 5.76 Å². The molecule has 6 heteroatoms. The van der Waals surface area contributed by atoms with Gasteiger partial charge in [-0.3, -0.25) is 14.6 Å². The summed E-state index contributed by atoms with van der Waals surface area (Å²) in [5.41, 5.74) is 3.93. The Morgan fingerprint density at radius 1 is 1.06 bits per heavy atom. The van der Waals surface area contributed by atoms with Crippen LogP contribution in [0.1, 0.15) is 48.3 Å². The third-order valence-corrected chi connectivity index (χ3v) is 7.50. The van der Waals surface area contributed by atoms with Crippen LogP contribution in [0.2, 0.25) is 0 Å². The highest BCUT2D eigenvalue weighted by atomic mass is 16.5. The molecule has 5 rings (SSSR count). The van der Waals surface area contributed by atoms with Gasteiger partial charge in [0.25, 0.3) is 0 Å². The van der Waals surface area contributed by atoms with Gasteiger partial charge in [-0.1, -0.05) is 29.4 Å². The molecule has 1 N–H and O–H groups in total. The Bertz CT molecular complexity index is 877. The van der Waals surface area contributed by atoms with Crippen molar-refractivity contribution in [1.82, 2.24) is 20.3 Å². The second-order valence-corrected chi connectivity index (χ2v) is 9.58. The van der Waals surface area contributed by atoms with Crippen LogP contribution in [0.15, 0.2) is 34.9 Å². The number of amides is 1. The lowest BCUT2D eigenvalue weighted by molar-refractivity contribution is -0.127. The van der Waals surface area contributed by atoms with Crippen molar-refractivity contribution in [3.63, 3.8) is 0 Å². The summed E-state index contributed by atoms with van der Waals surface area (Å²) in [7, 11) is 0. The van der Waals surface area contributed by atoms with Crippen LogP contribution in [0.25, 0.3) is 0 Å². The Kier molecular flexibility index (Phi) is 6.10. The molecular formula is C25H34N4O2. The van der Waals surface area contributed by atoms with Crippen LogP contribution in [0, 0.1) is 12.8 Å². The Morgan fingerprint density at radius 3 is 2.48 bits per heavy atom. The zero-order valence-electron chi connectivity index (χ0n) is 18.6. The lowest BCUT2D eigenvalue weighted by atomic mass is 9.92. The molecular weight excluding hydrogens is 388 g/mol. The van der Waals surface area contributed by atoms with Gasteiger partial charge in [-0.25, -0.2) is 0 Å². The van der Waals surface area contributed by atoms with Crippen molar-refractivity contribution in [2.75, 3.05) is 26.2 Å². The van der Waals surface area contributed by atoms with Crippen molar-refractivity contribution in [1.29, 1.82) is 0 Å². The quantitative estimate of drug-likeness (QED) is 0.803. The number of hydrogen-bond acceptors (Lipinski definition) is 5. The minimum atomic E-state index is 0.0835. The maximum Gasteiger partial charge on any atom is 0.224 e. The lowest BCUT2D eigenvalue weighted by Crippen LogP contribution is -2.52. The van der Waals surface area contributed by atoms with Crippen molar-refractivity contribution >= 4 is 5.91 Å². The van der Waals surface area contributed by atoms with Crippen molar-refractivity contribution in [3.8, 4) is 0 Å². The molecule has 1 atom stereocenters. The van der Waals surface area contributed by atoms with Crippen LogP contribution in [-0.2, 0) is 24.2 Å². The number of benzene rings is 1. The van der Waals surface area contributed by atoms with Crippen LogP contribution in [0.4, 0.5) is 0 Å². The van der Waals surface area contributed by atoms with Gasteiger partial charge in [0.2, 0.25) is 5.91 Å². The molecule has 3 aliphatic rings. The molecule has 2 aliphatic heterocycles. The number of likely N-dealkylation sites (tertiary alicyclic amines) is 2. The summed E-state index contributed by atoms with van der Waals surface area (Å²) in [4.78, 5) is 18.0. The molecule has 2 fully saturated rings. The summed E-state index contributed by atoms with van der Waals surface area (Å²) in [6, 6.07) is 12.1. The van der Waals surface area contributed by atoms with Gasteiger partial charge in [0.1, 0.15) is 0 Å². The minimum Gasteiger partial charge on any atom is -0.359 e. The largest absolute Gasteiger partial charge is 0.359 e. The number of carbonyl (C=O) groups is 1. The van der Waals surface area contributed by atoms with Gasteiger partial charge < -0.3 is 9.84 Å². The molecule has 166 valence electrons. The summed E-state index contributed by atoms with van der Waals surface area (Å²) >= 11 is 0. The predicted molar refractivity (Wildman–Crippen MR) is 120 cm³/mol. The van der Waals surface area contributed by atoms with E-state index in [1.54, 1.807) is 11.1 Å². The number of aryl methyl sites for hydroxylation is 1. The summed E-state index contributed by atoms with van der Waals surface area (Å²) in [6.07, 6.45) is 6.95. The van der Waals surface area contributed by atoms with Crippen LogP contribution in [0.3, 0.4) is 0 Å². The number of fused-ring (bicyclic) bond motifs is 1. The zero-order chi connectivity index (χ0) is 21.2. The number of nitrogens with zero attached hydrogens (tertiary/aromatic N) is 3. The van der Waals surface area contributed by atoms with Crippen LogP contribution in [0.5, 0.6) is 0 Å². The van der Waals surface area contributed by atoms with E-state index in [9.17, 15) is 4.79 Å². The van der Waals surface area contributed by atoms with Crippen LogP contribution < -0.4 is 5.32 Å². The average molecular weight is 423 g/mol. The summed E-state index contributed by atoms with van der Waals surface area (Å²) in [6.45, 7) is 6.71. The third-order valence-electron chi connectivity index (χ3n) is 7.50. The van der Waals surface area contributed by atoms with E-state index < -0.39 is 0 Å². The van der Waals surface area contributed by atoms with Gasteiger partial charge in [0, 0.05) is 24.7 Å². The van der Waals surface area contributed by atoms with Gasteiger partial charge in [-0.15, -0.1) is 0 Å². The number of piperidine rings is 2. The van der Waals surface area contributed by atoms with Crippen LogP contribution in [-0.4, -0.2) is 59.1 Å². The Balaban J connectivity index is 1.09. The van der Waals surface area contributed by atoms with Gasteiger partial charge in [0.05, 0.1) is 18.2 Å². The second kappa shape index (κ2) is 9.13. The highest BCUT2D eigenvalue weighted by Crippen LogP contribution is 2.29. The molecule has 3 heterocycles. The maximum absolute atomic E-state index is 12.7. The number of aromatic nitrogens is 1. The number of carbonyl (C=O) groups excluding carboxylic acids is 1. The number of rotatable bonds is 5. The molecule has 2 saturated heterocycles. The Morgan fingerprint density at radius 2 is 1.81 bits per heavy atom. The van der Waals surface area contributed by atoms with Gasteiger partial charge in [-0.2, -0.15) is 0 Å². The van der Waals surface area contributed by atoms with E-state index in [-0.39, 0.29) is 11.8 Å². The fourth-order valence-corrected chi connectivity index (χ4v) is 5.78. The fourth-order valence-electron chi connectivity index (χ4n) is 5.78. The standard InChI is InChI=1S/C25H34N4O2/c1-18-13-24(31-27-18)16-26-25(30)21-7-4-10-29(17-21)22-8-11-28(12-9-22)23-14-19-5-2-3-6-20(19)15-23/h2-3,5-6,13,21-23H,4,7-12,14-17H2,1H3,(H,26,30)/t21-/m0/s1. The van der Waals surface area contributed by atoms with E-state index in [0.29, 0.717) is 18.6 Å². The molecule has 0 bridgehead atoms. The Labute approximate surface area is 185 Å². The predicted octanol–water partition coefficient (Wildman–Crippen LogP) is 2.94. The summed E-state index contributed by atoms with van der Waals surface area (Å²) in [5, 5.41) is 6.94. The fraction of sp³-hybridized carbons (Fsp3) is 0.600. The highest BCUT2D eigenvalue weighted by Gasteiger charge is 2.34. The molecule has 0 radical (unpaired) electrons. The molecule has 31 heavy (non-hydrogen) atoms. The molecule has 0 saturated carbocycles. The van der Waals surface area contributed by atoms with E-state index in [0.717, 1.165) is 37.4 Å². The Hall–Kier alpha value is -2.18. The number of nitrogens with one attached hydrogen (secondary N) is 1. The molecule has 0 spiro atoms. The van der Waals surface area contributed by atoms with Crippen LogP contribution >= 0.6 is 0 Å². The second-order valence-electron chi connectivity index (χ2n) is 9.58. The monoisotopic (exact) mass is 422 g/mol. The smallest absolute Gasteiger partial charge is 0.224 e. The molecule has 1 aromatic carbocycles. The highest BCUT2D eigenvalue weighted by molar-refractivity contribution is 5.78. The lowest BCUT2D eigenvalue weighted by Gasteiger charge is -2.43. The maximum atomic E-state index is 12.7. The van der Waals surface area contributed by atoms with E-state index in [4.69, 9.17) is 4.52 Å². The van der Waals surface area contributed by atoms with Gasteiger partial charge in [-0.05, 0) is 76.2 Å². The first-order valence-electron chi connectivity index (χ1n) is 11.9. The zero-order valence-corrected chi connectivity index (χ0v) is 18.6. The molecule has 0 unspecified atom stereocenters. The molecule has 2 aromatic rings. The first-order chi connectivity index (χ1) is 15.2. The van der Waals surface area contributed by atoms with E-state index in [1.165, 1.54) is 38.8 Å². The third kappa shape index (κ3) is 4.70. The minimum absolute atomic E-state index is 0.0835. The molecule has 1 amide bonds. The summed E-state index contributed by atoms with van der Waals surface area (Å²) < 4.78 is 5.21. The number of hydrogen-bond donors (Lipinski definition) is 1. The first-order valence-corrected chi connectivity index (χ1v) is 11.9. The normalized spacial score (nSPS) is 23.7. The van der Waals surface area contributed by atoms with E-state index >= 15 is 0 Å². The molecule has 6 nitrogen and oxygen atoms in total. The first kappa shape index (κ1) is 20.7. The molecule has 1 aromatic heterocycles. The topological polar surface area (TPSA) is 61.6 Å². The van der Waals surface area contributed by atoms with E-state index in [2.05, 4.69) is 44.5 Å². The van der Waals surface area contributed by atoms with Gasteiger partial charge >= 0.3 is 0 Å². The van der Waals surface area contributed by atoms with Crippen molar-refractivity contribution < 1.29 is 9.32 Å². The van der Waals surface area contributed by atoms with Crippen molar-refractivity contribution in [3.05, 3.63) is 52.9 Å². The average Bonchev–Trinajstić information content (AvgIpc) is 3.43. The summed E-state index contributed by atoms with van der Waals surface area (Å²) in [5.74, 6) is 0.958. The SMILES string of the molecule is Cc1cc(CNC(=O)[C@H]2CCCN(C3CCN(C4Cc5ccccc5C4)CC3)C2)on1. The molecule has 1 aliphatic carbocycles. The van der Waals surface area contributed by atoms with E-state index in [1.807, 2.05) is 13.0 Å². The van der Waals surface area contributed by atoms with Crippen molar-refractivity contribution in [2.24, 2.45) is 5.92 Å². The van der Waals surface area contributed by atoms with Crippen molar-refractivity contribution in [2.45, 2.75) is 64.1 Å².